The Morgan fingerprint density at radius 3 is 2.67 bits per heavy atom. The van der Waals surface area contributed by atoms with E-state index in [1.807, 2.05) is 0 Å². The zero-order valence-corrected chi connectivity index (χ0v) is 9.79. The van der Waals surface area contributed by atoms with Crippen LogP contribution in [-0.2, 0) is 0 Å². The SMILES string of the molecule is NC(CC1(CNc2ccc(F)c(F)c2)CC1)=NO. The average molecular weight is 255 g/mol. The van der Waals surface area contributed by atoms with E-state index in [0.29, 0.717) is 18.7 Å². The summed E-state index contributed by atoms with van der Waals surface area (Å²) in [5, 5.41) is 14.5. The molecule has 4 N–H and O–H groups in total. The van der Waals surface area contributed by atoms with Gasteiger partial charge >= 0.3 is 0 Å². The second kappa shape index (κ2) is 4.80. The van der Waals surface area contributed by atoms with E-state index in [9.17, 15) is 8.78 Å². The molecule has 1 aromatic rings. The van der Waals surface area contributed by atoms with Gasteiger partial charge in [-0.05, 0) is 36.5 Å². The summed E-state index contributed by atoms with van der Waals surface area (Å²) in [5.74, 6) is -1.54. The molecule has 0 heterocycles. The summed E-state index contributed by atoms with van der Waals surface area (Å²) in [7, 11) is 0. The van der Waals surface area contributed by atoms with E-state index in [1.54, 1.807) is 0 Å². The first kappa shape index (κ1) is 12.6. The number of anilines is 1. The van der Waals surface area contributed by atoms with Crippen molar-refractivity contribution in [3.05, 3.63) is 29.8 Å². The predicted molar refractivity (Wildman–Crippen MR) is 64.5 cm³/mol. The third-order valence-electron chi connectivity index (χ3n) is 3.23. The minimum absolute atomic E-state index is 0.0266. The highest BCUT2D eigenvalue weighted by molar-refractivity contribution is 5.80. The minimum Gasteiger partial charge on any atom is -0.409 e. The Balaban J connectivity index is 1.93. The fourth-order valence-corrected chi connectivity index (χ4v) is 1.91. The Morgan fingerprint density at radius 2 is 2.11 bits per heavy atom. The molecular weight excluding hydrogens is 240 g/mol. The second-order valence-electron chi connectivity index (χ2n) is 4.75. The van der Waals surface area contributed by atoms with Crippen LogP contribution in [-0.4, -0.2) is 17.6 Å². The number of rotatable bonds is 5. The zero-order valence-electron chi connectivity index (χ0n) is 9.79. The summed E-state index contributed by atoms with van der Waals surface area (Å²) in [6, 6.07) is 3.69. The van der Waals surface area contributed by atoms with Gasteiger partial charge in [-0.1, -0.05) is 5.16 Å². The Labute approximate surface area is 103 Å². The molecule has 0 aromatic heterocycles. The number of nitrogens with two attached hydrogens (primary N) is 1. The number of nitrogens with one attached hydrogen (secondary N) is 1. The molecule has 0 saturated heterocycles. The van der Waals surface area contributed by atoms with Crippen LogP contribution >= 0.6 is 0 Å². The quantitative estimate of drug-likeness (QED) is 0.327. The molecule has 4 nitrogen and oxygen atoms in total. The molecule has 0 aliphatic heterocycles. The van der Waals surface area contributed by atoms with Crippen LogP contribution < -0.4 is 11.1 Å². The van der Waals surface area contributed by atoms with Crippen molar-refractivity contribution >= 4 is 11.5 Å². The van der Waals surface area contributed by atoms with Gasteiger partial charge in [-0.2, -0.15) is 0 Å². The van der Waals surface area contributed by atoms with Crippen LogP contribution in [0, 0.1) is 17.0 Å². The summed E-state index contributed by atoms with van der Waals surface area (Å²) in [5.41, 5.74) is 5.98. The highest BCUT2D eigenvalue weighted by Crippen LogP contribution is 2.48. The molecule has 1 aromatic carbocycles. The van der Waals surface area contributed by atoms with Gasteiger partial charge in [0.1, 0.15) is 5.84 Å². The van der Waals surface area contributed by atoms with Gasteiger partial charge in [0.15, 0.2) is 11.6 Å². The molecule has 6 heteroatoms. The van der Waals surface area contributed by atoms with Gasteiger partial charge < -0.3 is 16.3 Å². The maximum absolute atomic E-state index is 13.0. The Kier molecular flexibility index (Phi) is 3.36. The lowest BCUT2D eigenvalue weighted by molar-refractivity contribution is 0.315. The molecule has 1 aliphatic carbocycles. The van der Waals surface area contributed by atoms with Crippen molar-refractivity contribution in [2.75, 3.05) is 11.9 Å². The van der Waals surface area contributed by atoms with Gasteiger partial charge in [-0.25, -0.2) is 8.78 Å². The van der Waals surface area contributed by atoms with E-state index in [2.05, 4.69) is 10.5 Å². The molecule has 0 radical (unpaired) electrons. The lowest BCUT2D eigenvalue weighted by atomic mass is 10.0. The van der Waals surface area contributed by atoms with Crippen molar-refractivity contribution in [2.24, 2.45) is 16.3 Å². The monoisotopic (exact) mass is 255 g/mol. The summed E-state index contributed by atoms with van der Waals surface area (Å²) in [4.78, 5) is 0. The molecule has 0 unspecified atom stereocenters. The van der Waals surface area contributed by atoms with Crippen molar-refractivity contribution in [1.82, 2.24) is 0 Å². The number of halogens is 2. The van der Waals surface area contributed by atoms with Crippen LogP contribution in [0.1, 0.15) is 19.3 Å². The standard InChI is InChI=1S/C12H15F2N3O/c13-9-2-1-8(5-10(9)14)16-7-12(3-4-12)6-11(15)17-18/h1-2,5,16,18H,3-4,6-7H2,(H2,15,17). The van der Waals surface area contributed by atoms with Gasteiger partial charge in [-0.3, -0.25) is 0 Å². The smallest absolute Gasteiger partial charge is 0.160 e. The van der Waals surface area contributed by atoms with E-state index < -0.39 is 11.6 Å². The number of amidine groups is 1. The molecule has 2 rings (SSSR count). The van der Waals surface area contributed by atoms with Crippen molar-refractivity contribution in [3.8, 4) is 0 Å². The molecule has 0 bridgehead atoms. The van der Waals surface area contributed by atoms with Gasteiger partial charge in [0.05, 0.1) is 0 Å². The number of hydrogen-bond acceptors (Lipinski definition) is 3. The molecule has 1 aliphatic rings. The fraction of sp³-hybridized carbons (Fsp3) is 0.417. The predicted octanol–water partition coefficient (Wildman–Crippen LogP) is 2.29. The first-order valence-electron chi connectivity index (χ1n) is 5.70. The van der Waals surface area contributed by atoms with Gasteiger partial charge in [0, 0.05) is 18.7 Å². The zero-order chi connectivity index (χ0) is 13.2. The highest BCUT2D eigenvalue weighted by atomic mass is 19.2. The first-order valence-corrected chi connectivity index (χ1v) is 5.70. The van der Waals surface area contributed by atoms with E-state index in [-0.39, 0.29) is 11.3 Å². The maximum Gasteiger partial charge on any atom is 0.160 e. The first-order chi connectivity index (χ1) is 8.54. The van der Waals surface area contributed by atoms with Crippen LogP contribution in [0.15, 0.2) is 23.4 Å². The van der Waals surface area contributed by atoms with Crippen LogP contribution in [0.2, 0.25) is 0 Å². The largest absolute Gasteiger partial charge is 0.409 e. The Hall–Kier alpha value is -1.85. The van der Waals surface area contributed by atoms with Crippen LogP contribution in [0.4, 0.5) is 14.5 Å². The van der Waals surface area contributed by atoms with Crippen molar-refractivity contribution in [2.45, 2.75) is 19.3 Å². The lowest BCUT2D eigenvalue weighted by Gasteiger charge is -2.16. The molecule has 98 valence electrons. The number of hydrogen-bond donors (Lipinski definition) is 3. The van der Waals surface area contributed by atoms with E-state index in [1.165, 1.54) is 6.07 Å². The second-order valence-corrected chi connectivity index (χ2v) is 4.75. The number of oxime groups is 1. The van der Waals surface area contributed by atoms with Crippen molar-refractivity contribution in [1.29, 1.82) is 0 Å². The van der Waals surface area contributed by atoms with Gasteiger partial charge in [0.2, 0.25) is 0 Å². The Bertz CT molecular complexity index is 472. The van der Waals surface area contributed by atoms with Gasteiger partial charge in [-0.15, -0.1) is 0 Å². The molecule has 0 atom stereocenters. The third kappa shape index (κ3) is 2.88. The molecule has 1 saturated carbocycles. The maximum atomic E-state index is 13.0. The molecule has 0 amide bonds. The molecule has 0 spiro atoms. The average Bonchev–Trinajstić information content (AvgIpc) is 3.11. The lowest BCUT2D eigenvalue weighted by Crippen LogP contribution is -2.23. The Morgan fingerprint density at radius 1 is 1.39 bits per heavy atom. The molecule has 18 heavy (non-hydrogen) atoms. The normalized spacial score (nSPS) is 17.6. The minimum atomic E-state index is -0.874. The van der Waals surface area contributed by atoms with Gasteiger partial charge in [0.25, 0.3) is 0 Å². The molecular formula is C12H15F2N3O. The van der Waals surface area contributed by atoms with Crippen LogP contribution in [0.3, 0.4) is 0 Å². The third-order valence-corrected chi connectivity index (χ3v) is 3.23. The van der Waals surface area contributed by atoms with E-state index in [4.69, 9.17) is 10.9 Å². The summed E-state index contributed by atoms with van der Waals surface area (Å²) >= 11 is 0. The number of benzene rings is 1. The molecule has 1 fully saturated rings. The summed E-state index contributed by atoms with van der Waals surface area (Å²) < 4.78 is 25.7. The van der Waals surface area contributed by atoms with Crippen LogP contribution in [0.25, 0.3) is 0 Å². The number of nitrogens with zero attached hydrogens (tertiary/aromatic N) is 1. The summed E-state index contributed by atoms with van der Waals surface area (Å²) in [6.45, 7) is 0.592. The van der Waals surface area contributed by atoms with E-state index >= 15 is 0 Å². The van der Waals surface area contributed by atoms with Crippen molar-refractivity contribution < 1.29 is 14.0 Å². The topological polar surface area (TPSA) is 70.6 Å². The van der Waals surface area contributed by atoms with Crippen molar-refractivity contribution in [3.63, 3.8) is 0 Å². The highest BCUT2D eigenvalue weighted by Gasteiger charge is 2.43. The summed E-state index contributed by atoms with van der Waals surface area (Å²) in [6.07, 6.45) is 2.44. The van der Waals surface area contributed by atoms with Crippen LogP contribution in [0.5, 0.6) is 0 Å². The fourth-order valence-electron chi connectivity index (χ4n) is 1.91. The van der Waals surface area contributed by atoms with E-state index in [0.717, 1.165) is 25.0 Å².